The molecule has 0 saturated carbocycles. The maximum atomic E-state index is 11.3. The molecule has 1 aromatic rings. The van der Waals surface area contributed by atoms with Gasteiger partial charge < -0.3 is 21.3 Å². The molecule has 0 spiro atoms. The number of terminal acetylenes is 1. The van der Waals surface area contributed by atoms with Crippen molar-refractivity contribution in [1.29, 1.82) is 0 Å². The number of carbonyl (C=O) groups excluding carboxylic acids is 1. The van der Waals surface area contributed by atoms with Crippen LogP contribution in [0.2, 0.25) is 0 Å². The van der Waals surface area contributed by atoms with Gasteiger partial charge in [-0.3, -0.25) is 4.79 Å². The minimum absolute atomic E-state index is 0.0326. The average Bonchev–Trinajstić information content (AvgIpc) is 2.64. The fraction of sp³-hybridized carbons (Fsp3) is 0.500. The summed E-state index contributed by atoms with van der Waals surface area (Å²) < 4.78 is 0. The highest BCUT2D eigenvalue weighted by molar-refractivity contribution is 5.80. The van der Waals surface area contributed by atoms with Crippen molar-refractivity contribution in [2.24, 2.45) is 16.6 Å². The lowest BCUT2D eigenvalue weighted by Crippen LogP contribution is -2.39. The van der Waals surface area contributed by atoms with Gasteiger partial charge in [-0.1, -0.05) is 12.0 Å². The number of guanidine groups is 1. The Bertz CT molecular complexity index is 643. The van der Waals surface area contributed by atoms with Gasteiger partial charge in [0, 0.05) is 37.3 Å². The van der Waals surface area contributed by atoms with Gasteiger partial charge in [0.25, 0.3) is 0 Å². The Labute approximate surface area is 149 Å². The molecule has 2 rings (SSSR count). The van der Waals surface area contributed by atoms with Crippen molar-refractivity contribution in [3.05, 3.63) is 23.9 Å². The molecule has 7 heteroatoms. The number of rotatable bonds is 6. The highest BCUT2D eigenvalue weighted by atomic mass is 16.1. The average molecular weight is 342 g/mol. The van der Waals surface area contributed by atoms with E-state index in [2.05, 4.69) is 31.4 Å². The Kier molecular flexibility index (Phi) is 7.08. The van der Waals surface area contributed by atoms with E-state index in [0.717, 1.165) is 43.9 Å². The summed E-state index contributed by atoms with van der Waals surface area (Å²) in [7, 11) is 0. The number of anilines is 1. The Morgan fingerprint density at radius 2 is 2.24 bits per heavy atom. The lowest BCUT2D eigenvalue weighted by atomic mass is 9.96. The van der Waals surface area contributed by atoms with Crippen LogP contribution in [0.5, 0.6) is 0 Å². The lowest BCUT2D eigenvalue weighted by Gasteiger charge is -2.32. The van der Waals surface area contributed by atoms with E-state index in [1.165, 1.54) is 0 Å². The van der Waals surface area contributed by atoms with E-state index < -0.39 is 0 Å². The van der Waals surface area contributed by atoms with E-state index in [1.54, 1.807) is 6.20 Å². The summed E-state index contributed by atoms with van der Waals surface area (Å²) in [5.41, 5.74) is 6.45. The monoisotopic (exact) mass is 342 g/mol. The van der Waals surface area contributed by atoms with Gasteiger partial charge >= 0.3 is 0 Å². The Balaban J connectivity index is 2.07. The van der Waals surface area contributed by atoms with E-state index in [9.17, 15) is 4.79 Å². The van der Waals surface area contributed by atoms with Gasteiger partial charge in [0.1, 0.15) is 5.82 Å². The zero-order valence-corrected chi connectivity index (χ0v) is 14.7. The summed E-state index contributed by atoms with van der Waals surface area (Å²) in [5, 5.41) is 6.24. The summed E-state index contributed by atoms with van der Waals surface area (Å²) >= 11 is 0. The van der Waals surface area contributed by atoms with Gasteiger partial charge in [0.2, 0.25) is 5.91 Å². The van der Waals surface area contributed by atoms with E-state index in [0.29, 0.717) is 19.0 Å². The molecule has 0 unspecified atom stereocenters. The molecule has 1 aromatic heterocycles. The van der Waals surface area contributed by atoms with Gasteiger partial charge in [-0.05, 0) is 25.8 Å². The second kappa shape index (κ2) is 9.52. The molecular formula is C18H26N6O. The van der Waals surface area contributed by atoms with Crippen molar-refractivity contribution in [2.45, 2.75) is 26.3 Å². The molecule has 0 bridgehead atoms. The summed E-state index contributed by atoms with van der Waals surface area (Å²) in [6, 6.07) is 3.93. The third-order valence-electron chi connectivity index (χ3n) is 4.17. The highest BCUT2D eigenvalue weighted by Crippen LogP contribution is 2.24. The Hall–Kier alpha value is -2.75. The van der Waals surface area contributed by atoms with Crippen molar-refractivity contribution in [2.75, 3.05) is 31.1 Å². The first kappa shape index (κ1) is 18.6. The molecular weight excluding hydrogens is 316 g/mol. The predicted octanol–water partition coefficient (Wildman–Crippen LogP) is 0.472. The summed E-state index contributed by atoms with van der Waals surface area (Å²) in [6.07, 6.45) is 8.60. The van der Waals surface area contributed by atoms with Crippen LogP contribution in [-0.4, -0.2) is 43.0 Å². The molecule has 1 fully saturated rings. The van der Waals surface area contributed by atoms with Crippen molar-refractivity contribution in [1.82, 2.24) is 15.6 Å². The number of amides is 1. The number of aromatic nitrogens is 1. The zero-order valence-electron chi connectivity index (χ0n) is 14.7. The Morgan fingerprint density at radius 1 is 1.48 bits per heavy atom. The second-order valence-corrected chi connectivity index (χ2v) is 5.90. The van der Waals surface area contributed by atoms with Crippen molar-refractivity contribution < 1.29 is 4.79 Å². The smallest absolute Gasteiger partial charge is 0.220 e. The minimum atomic E-state index is -0.208. The maximum Gasteiger partial charge on any atom is 0.220 e. The van der Waals surface area contributed by atoms with Crippen LogP contribution in [0.3, 0.4) is 0 Å². The number of pyridine rings is 1. The van der Waals surface area contributed by atoms with Crippen molar-refractivity contribution in [3.8, 4) is 12.3 Å². The van der Waals surface area contributed by atoms with Crippen molar-refractivity contribution >= 4 is 17.7 Å². The number of aliphatic imine (C=N–C) groups is 1. The number of hydrogen-bond acceptors (Lipinski definition) is 4. The topological polar surface area (TPSA) is 95.6 Å². The molecule has 0 radical (unpaired) electrons. The number of nitrogens with one attached hydrogen (secondary N) is 2. The van der Waals surface area contributed by atoms with Gasteiger partial charge in [0.05, 0.1) is 13.1 Å². The van der Waals surface area contributed by atoms with Crippen LogP contribution >= 0.6 is 0 Å². The Morgan fingerprint density at radius 3 is 2.88 bits per heavy atom. The van der Waals surface area contributed by atoms with Crippen LogP contribution in [0.4, 0.5) is 5.82 Å². The van der Waals surface area contributed by atoms with Crippen LogP contribution in [0.1, 0.15) is 25.3 Å². The summed E-state index contributed by atoms with van der Waals surface area (Å²) in [5.74, 6) is 3.90. The molecule has 4 N–H and O–H groups in total. The molecule has 1 amide bonds. The number of nitrogens with zero attached hydrogens (tertiary/aromatic N) is 3. The number of carbonyl (C=O) groups is 1. The quantitative estimate of drug-likeness (QED) is 0.397. The van der Waals surface area contributed by atoms with Crippen LogP contribution in [-0.2, 0) is 11.3 Å². The molecule has 1 aliphatic rings. The molecule has 2 heterocycles. The molecule has 0 aromatic carbocycles. The van der Waals surface area contributed by atoms with Gasteiger partial charge in [-0.25, -0.2) is 9.98 Å². The van der Waals surface area contributed by atoms with Crippen LogP contribution in [0, 0.1) is 18.3 Å². The first-order chi connectivity index (χ1) is 12.2. The SMILES string of the molecule is C#CCNC(=NCc1cccnc1N1CCC(C(N)=O)CC1)NCC. The maximum absolute atomic E-state index is 11.3. The number of primary amides is 1. The van der Waals surface area contributed by atoms with E-state index in [1.807, 2.05) is 19.1 Å². The number of hydrogen-bond donors (Lipinski definition) is 3. The third-order valence-corrected chi connectivity index (χ3v) is 4.17. The zero-order chi connectivity index (χ0) is 18.1. The largest absolute Gasteiger partial charge is 0.369 e. The summed E-state index contributed by atoms with van der Waals surface area (Å²) in [6.45, 7) is 5.24. The van der Waals surface area contributed by atoms with Gasteiger partial charge in [-0.15, -0.1) is 6.42 Å². The van der Waals surface area contributed by atoms with Crippen LogP contribution in [0.15, 0.2) is 23.3 Å². The lowest BCUT2D eigenvalue weighted by molar-refractivity contribution is -0.122. The van der Waals surface area contributed by atoms with Crippen molar-refractivity contribution in [3.63, 3.8) is 0 Å². The standard InChI is InChI=1S/C18H26N6O/c1-3-9-22-18(20-4-2)23-13-15-6-5-10-21-17(15)24-11-7-14(8-12-24)16(19)25/h1,5-6,10,14H,4,7-9,11-13H2,2H3,(H2,19,25)(H2,20,22,23). The molecule has 134 valence electrons. The van der Waals surface area contributed by atoms with Gasteiger partial charge in [-0.2, -0.15) is 0 Å². The fourth-order valence-corrected chi connectivity index (χ4v) is 2.85. The molecule has 0 aliphatic carbocycles. The molecule has 7 nitrogen and oxygen atoms in total. The highest BCUT2D eigenvalue weighted by Gasteiger charge is 2.24. The first-order valence-corrected chi connectivity index (χ1v) is 8.59. The fourth-order valence-electron chi connectivity index (χ4n) is 2.85. The molecule has 1 saturated heterocycles. The van der Waals surface area contributed by atoms with Crippen LogP contribution < -0.4 is 21.3 Å². The second-order valence-electron chi connectivity index (χ2n) is 5.90. The number of nitrogens with two attached hydrogens (primary N) is 1. The van der Waals surface area contributed by atoms with E-state index in [-0.39, 0.29) is 11.8 Å². The predicted molar refractivity (Wildman–Crippen MR) is 100 cm³/mol. The molecule has 25 heavy (non-hydrogen) atoms. The third kappa shape index (κ3) is 5.38. The van der Waals surface area contributed by atoms with Gasteiger partial charge in [0.15, 0.2) is 5.96 Å². The first-order valence-electron chi connectivity index (χ1n) is 8.59. The normalized spacial score (nSPS) is 15.5. The molecule has 1 aliphatic heterocycles. The van der Waals surface area contributed by atoms with Crippen LogP contribution in [0.25, 0.3) is 0 Å². The van der Waals surface area contributed by atoms with E-state index in [4.69, 9.17) is 12.2 Å². The minimum Gasteiger partial charge on any atom is -0.369 e. The summed E-state index contributed by atoms with van der Waals surface area (Å²) in [4.78, 5) is 22.6. The molecule has 0 atom stereocenters. The number of piperidine rings is 1. The van der Waals surface area contributed by atoms with E-state index >= 15 is 0 Å².